The number of rotatable bonds is 8. The second-order valence-corrected chi connectivity index (χ2v) is 11.1. The molecule has 0 spiro atoms. The highest BCUT2D eigenvalue weighted by Crippen LogP contribution is 2.24. The van der Waals surface area contributed by atoms with Crippen molar-refractivity contribution in [3.63, 3.8) is 0 Å². The molecule has 1 saturated heterocycles. The van der Waals surface area contributed by atoms with Crippen LogP contribution in [0.25, 0.3) is 11.1 Å². The summed E-state index contributed by atoms with van der Waals surface area (Å²) in [6, 6.07) is 12.9. The second-order valence-electron chi connectivity index (χ2n) is 9.16. The number of sulfonamides is 1. The van der Waals surface area contributed by atoms with Crippen LogP contribution in [0, 0.1) is 0 Å². The molecule has 0 radical (unpaired) electrons. The van der Waals surface area contributed by atoms with Crippen molar-refractivity contribution in [2.75, 3.05) is 32.7 Å². The summed E-state index contributed by atoms with van der Waals surface area (Å²) in [6.45, 7) is 4.34. The summed E-state index contributed by atoms with van der Waals surface area (Å²) >= 11 is 0. The number of carbonyl (C=O) groups is 1. The first-order chi connectivity index (χ1) is 16.9. The molecule has 0 atom stereocenters. The maximum atomic E-state index is 12.8. The van der Waals surface area contributed by atoms with Gasteiger partial charge < -0.3 is 9.73 Å². The lowest BCUT2D eigenvalue weighted by atomic mass is 10.00. The van der Waals surface area contributed by atoms with E-state index in [9.17, 15) is 18.0 Å². The lowest BCUT2D eigenvalue weighted by Gasteiger charge is -2.28. The number of amides is 1. The molecule has 3 aromatic rings. The number of aryl methyl sites for hydroxylation is 1. The van der Waals surface area contributed by atoms with E-state index in [0.717, 1.165) is 38.9 Å². The Morgan fingerprint density at radius 1 is 1.00 bits per heavy atom. The van der Waals surface area contributed by atoms with Crippen molar-refractivity contribution in [3.05, 3.63) is 64.1 Å². The molecule has 10 heteroatoms. The Morgan fingerprint density at radius 2 is 1.77 bits per heavy atom. The van der Waals surface area contributed by atoms with Gasteiger partial charge in [0.25, 0.3) is 0 Å². The molecule has 186 valence electrons. The van der Waals surface area contributed by atoms with Gasteiger partial charge in [-0.25, -0.2) is 13.2 Å². The summed E-state index contributed by atoms with van der Waals surface area (Å²) in [4.78, 5) is 27.2. The molecule has 9 nitrogen and oxygen atoms in total. The summed E-state index contributed by atoms with van der Waals surface area (Å²) in [5.74, 6) is -0.743. The maximum absolute atomic E-state index is 12.8. The number of fused-ring (bicyclic) bond motifs is 2. The van der Waals surface area contributed by atoms with Gasteiger partial charge in [0, 0.05) is 58.3 Å². The van der Waals surface area contributed by atoms with Crippen LogP contribution in [-0.4, -0.2) is 60.8 Å². The third kappa shape index (κ3) is 5.05. The summed E-state index contributed by atoms with van der Waals surface area (Å²) in [7, 11) is -3.60. The summed E-state index contributed by atoms with van der Waals surface area (Å²) in [5, 5.41) is 2.93. The van der Waals surface area contributed by atoms with Crippen LogP contribution in [0.1, 0.15) is 30.4 Å². The van der Waals surface area contributed by atoms with Crippen LogP contribution in [0.2, 0.25) is 0 Å². The highest BCUT2D eigenvalue weighted by Gasteiger charge is 2.28. The molecule has 2 aromatic carbocycles. The van der Waals surface area contributed by atoms with Crippen LogP contribution in [-0.2, 0) is 34.3 Å². The van der Waals surface area contributed by atoms with E-state index >= 15 is 0 Å². The van der Waals surface area contributed by atoms with E-state index in [1.807, 2.05) is 0 Å². The van der Waals surface area contributed by atoms with Crippen LogP contribution in [0.3, 0.4) is 0 Å². The van der Waals surface area contributed by atoms with Crippen LogP contribution >= 0.6 is 0 Å². The van der Waals surface area contributed by atoms with Gasteiger partial charge in [-0.2, -0.15) is 4.31 Å². The standard InChI is InChI=1S/C25H30N4O5S/c30-24(26-11-16-27-14-9-19-5-1-2-6-20(19)18-27)10-15-29-22-8-7-21(17-23(22)34-25(29)31)35(32,33)28-12-3-4-13-28/h1-2,5-8,17H,3-4,9-16,18H2,(H,26,30). The van der Waals surface area contributed by atoms with Gasteiger partial charge >= 0.3 is 5.76 Å². The van der Waals surface area contributed by atoms with Crippen LogP contribution in [0.4, 0.5) is 0 Å². The molecule has 3 heterocycles. The van der Waals surface area contributed by atoms with Crippen molar-refractivity contribution >= 4 is 27.0 Å². The van der Waals surface area contributed by atoms with Gasteiger partial charge in [-0.3, -0.25) is 14.3 Å². The van der Waals surface area contributed by atoms with E-state index in [-0.39, 0.29) is 29.4 Å². The Balaban J connectivity index is 1.16. The zero-order chi connectivity index (χ0) is 24.4. The van der Waals surface area contributed by atoms with E-state index in [1.165, 1.54) is 32.1 Å². The van der Waals surface area contributed by atoms with E-state index in [4.69, 9.17) is 4.42 Å². The zero-order valence-corrected chi connectivity index (χ0v) is 20.4. The van der Waals surface area contributed by atoms with Crippen LogP contribution in [0.5, 0.6) is 0 Å². The van der Waals surface area contributed by atoms with E-state index < -0.39 is 15.8 Å². The topological polar surface area (TPSA) is 105 Å². The number of carbonyl (C=O) groups excluding carboxylic acids is 1. The summed E-state index contributed by atoms with van der Waals surface area (Å²) < 4.78 is 33.7. The van der Waals surface area contributed by atoms with Gasteiger partial charge in [-0.15, -0.1) is 0 Å². The highest BCUT2D eigenvalue weighted by molar-refractivity contribution is 7.89. The first-order valence-corrected chi connectivity index (χ1v) is 13.6. The van der Waals surface area contributed by atoms with Crippen molar-refractivity contribution in [2.24, 2.45) is 0 Å². The average Bonchev–Trinajstić information content (AvgIpc) is 3.50. The molecule has 2 aliphatic rings. The predicted octanol–water partition coefficient (Wildman–Crippen LogP) is 1.94. The molecule has 0 unspecified atom stereocenters. The van der Waals surface area contributed by atoms with Gasteiger partial charge in [-0.05, 0) is 42.5 Å². The molecular formula is C25H30N4O5S. The minimum atomic E-state index is -3.60. The van der Waals surface area contributed by atoms with Gasteiger partial charge in [0.05, 0.1) is 10.4 Å². The smallest absolute Gasteiger partial charge is 0.408 e. The third-order valence-corrected chi connectivity index (χ3v) is 8.76. The molecule has 0 aliphatic carbocycles. The average molecular weight is 499 g/mol. The minimum absolute atomic E-state index is 0.117. The molecular weight excluding hydrogens is 468 g/mol. The quantitative estimate of drug-likeness (QED) is 0.509. The molecule has 5 rings (SSSR count). The lowest BCUT2D eigenvalue weighted by molar-refractivity contribution is -0.121. The van der Waals surface area contributed by atoms with E-state index in [1.54, 1.807) is 6.07 Å². The van der Waals surface area contributed by atoms with Crippen LogP contribution in [0.15, 0.2) is 56.6 Å². The van der Waals surface area contributed by atoms with Crippen molar-refractivity contribution in [3.8, 4) is 0 Å². The number of oxazole rings is 1. The van der Waals surface area contributed by atoms with Crippen LogP contribution < -0.4 is 11.1 Å². The highest BCUT2D eigenvalue weighted by atomic mass is 32.2. The molecule has 2 aliphatic heterocycles. The lowest BCUT2D eigenvalue weighted by Crippen LogP contribution is -2.38. The van der Waals surface area contributed by atoms with Crippen molar-refractivity contribution in [2.45, 2.75) is 43.7 Å². The molecule has 0 saturated carbocycles. The molecule has 35 heavy (non-hydrogen) atoms. The molecule has 1 fully saturated rings. The maximum Gasteiger partial charge on any atom is 0.419 e. The summed E-state index contributed by atoms with van der Waals surface area (Å²) in [5.41, 5.74) is 3.43. The van der Waals surface area contributed by atoms with Gasteiger partial charge in [0.1, 0.15) is 0 Å². The van der Waals surface area contributed by atoms with Gasteiger partial charge in [0.15, 0.2) is 5.58 Å². The number of hydrogen-bond acceptors (Lipinski definition) is 6. The number of nitrogens with zero attached hydrogens (tertiary/aromatic N) is 3. The van der Waals surface area contributed by atoms with Crippen molar-refractivity contribution in [1.82, 2.24) is 19.1 Å². The Labute approximate surface area is 204 Å². The Bertz CT molecular complexity index is 1390. The largest absolute Gasteiger partial charge is 0.419 e. The van der Waals surface area contributed by atoms with Gasteiger partial charge in [-0.1, -0.05) is 24.3 Å². The predicted molar refractivity (Wildman–Crippen MR) is 132 cm³/mol. The molecule has 1 amide bonds. The van der Waals surface area contributed by atoms with E-state index in [0.29, 0.717) is 25.2 Å². The fourth-order valence-electron chi connectivity index (χ4n) is 4.90. The number of benzene rings is 2. The number of hydrogen-bond donors (Lipinski definition) is 1. The molecule has 1 N–H and O–H groups in total. The Morgan fingerprint density at radius 3 is 2.57 bits per heavy atom. The molecule has 0 bridgehead atoms. The first kappa shape index (κ1) is 23.8. The number of nitrogens with one attached hydrogen (secondary N) is 1. The Kier molecular flexibility index (Phi) is 6.77. The third-order valence-electron chi connectivity index (χ3n) is 6.86. The van der Waals surface area contributed by atoms with Gasteiger partial charge in [0.2, 0.25) is 15.9 Å². The fourth-order valence-corrected chi connectivity index (χ4v) is 6.43. The normalized spacial score (nSPS) is 17.0. The van der Waals surface area contributed by atoms with Crippen molar-refractivity contribution < 1.29 is 17.6 Å². The Hall–Kier alpha value is -2.95. The fraction of sp³-hybridized carbons (Fsp3) is 0.440. The second kappa shape index (κ2) is 9.96. The van der Waals surface area contributed by atoms with Crippen molar-refractivity contribution in [1.29, 1.82) is 0 Å². The number of aromatic nitrogens is 1. The minimum Gasteiger partial charge on any atom is -0.408 e. The first-order valence-electron chi connectivity index (χ1n) is 12.1. The van der Waals surface area contributed by atoms with E-state index in [2.05, 4.69) is 34.5 Å². The molecule has 1 aromatic heterocycles. The summed E-state index contributed by atoms with van der Waals surface area (Å²) in [6.07, 6.45) is 2.84. The SMILES string of the molecule is O=C(CCn1c(=O)oc2cc(S(=O)(=O)N3CCCC3)ccc21)NCCN1CCc2ccccc2C1. The monoisotopic (exact) mass is 498 g/mol. The zero-order valence-electron chi connectivity index (χ0n) is 19.6.